The van der Waals surface area contributed by atoms with Crippen molar-refractivity contribution in [3.05, 3.63) is 113 Å². The topological polar surface area (TPSA) is 105 Å². The minimum Gasteiger partial charge on any atom is -0.345 e. The molecule has 0 radical (unpaired) electrons. The van der Waals surface area contributed by atoms with Crippen molar-refractivity contribution < 1.29 is 22.4 Å². The molecule has 1 fully saturated rings. The van der Waals surface area contributed by atoms with Crippen LogP contribution in [0, 0.1) is 11.2 Å². The van der Waals surface area contributed by atoms with E-state index in [1.54, 1.807) is 73.6 Å². The molecule has 1 aliphatic heterocycles. The summed E-state index contributed by atoms with van der Waals surface area (Å²) >= 11 is 0. The predicted molar refractivity (Wildman–Crippen MR) is 154 cm³/mol. The standard InChI is InChI=1S/C31H28FN5O4S/c1-35(2)30(39)21-6-5-7-26(16-21)42(40,41)36-15-13-23-17-28-22(19-34-37(28)25-11-9-24(32)10-12-25)18-31(23,20-36)29(38)27-8-3-4-14-33-27/h3-12,14,16-17,19H,13,15,18,20H2,1-2H3/t31-/m0/s1. The van der Waals surface area contributed by atoms with E-state index >= 15 is 0 Å². The number of carbonyl (C=O) groups excluding carboxylic acids is 2. The maximum Gasteiger partial charge on any atom is 0.253 e. The number of carbonyl (C=O) groups is 2. The molecule has 2 aliphatic rings. The molecule has 1 aliphatic carbocycles. The van der Waals surface area contributed by atoms with E-state index in [1.165, 1.54) is 33.5 Å². The van der Waals surface area contributed by atoms with E-state index < -0.39 is 15.4 Å². The number of sulfonamides is 1. The van der Waals surface area contributed by atoms with E-state index in [2.05, 4.69) is 10.1 Å². The number of hydrogen-bond acceptors (Lipinski definition) is 6. The zero-order chi connectivity index (χ0) is 29.6. The van der Waals surface area contributed by atoms with Gasteiger partial charge >= 0.3 is 0 Å². The molecule has 0 spiro atoms. The Balaban J connectivity index is 1.42. The molecule has 0 unspecified atom stereocenters. The van der Waals surface area contributed by atoms with Crippen LogP contribution in [0.1, 0.15) is 38.5 Å². The van der Waals surface area contributed by atoms with E-state index in [4.69, 9.17) is 0 Å². The van der Waals surface area contributed by atoms with Gasteiger partial charge in [0.05, 0.1) is 27.9 Å². The summed E-state index contributed by atoms with van der Waals surface area (Å²) in [6, 6.07) is 17.0. The van der Waals surface area contributed by atoms with E-state index in [9.17, 15) is 22.4 Å². The number of Topliss-reactive ketones (excluding diaryl/α,β-unsaturated/α-hetero) is 1. The molecule has 42 heavy (non-hydrogen) atoms. The SMILES string of the molecule is CN(C)C(=O)c1cccc(S(=O)(=O)N2CCC3=Cc4c(cnn4-c4ccc(F)cc4)C[C@]3(C(=O)c3ccccn3)C2)c1. The number of rotatable bonds is 6. The first kappa shape index (κ1) is 27.7. The second-order valence-electron chi connectivity index (χ2n) is 10.7. The minimum atomic E-state index is -4.06. The highest BCUT2D eigenvalue weighted by Crippen LogP contribution is 2.47. The molecule has 3 heterocycles. The third-order valence-corrected chi connectivity index (χ3v) is 9.75. The van der Waals surface area contributed by atoms with Crippen molar-refractivity contribution in [3.8, 4) is 5.69 Å². The summed E-state index contributed by atoms with van der Waals surface area (Å²) in [6.45, 7) is 0.0564. The van der Waals surface area contributed by atoms with Gasteiger partial charge in [-0.3, -0.25) is 14.6 Å². The fourth-order valence-electron chi connectivity index (χ4n) is 5.75. The number of nitrogens with zero attached hydrogens (tertiary/aromatic N) is 5. The van der Waals surface area contributed by atoms with Crippen molar-refractivity contribution in [2.45, 2.75) is 17.7 Å². The summed E-state index contributed by atoms with van der Waals surface area (Å²) < 4.78 is 44.6. The smallest absolute Gasteiger partial charge is 0.253 e. The first-order valence-electron chi connectivity index (χ1n) is 13.4. The van der Waals surface area contributed by atoms with Crippen LogP contribution in [0.25, 0.3) is 11.8 Å². The molecular weight excluding hydrogens is 557 g/mol. The third kappa shape index (κ3) is 4.64. The highest BCUT2D eigenvalue weighted by molar-refractivity contribution is 7.89. The van der Waals surface area contributed by atoms with Gasteiger partial charge in [-0.1, -0.05) is 17.7 Å². The Morgan fingerprint density at radius 1 is 1.02 bits per heavy atom. The molecule has 0 N–H and O–H groups in total. The van der Waals surface area contributed by atoms with Crippen LogP contribution in [0.3, 0.4) is 0 Å². The second kappa shape index (κ2) is 10.4. The number of benzene rings is 2. The number of ketones is 1. The first-order chi connectivity index (χ1) is 20.1. The summed E-state index contributed by atoms with van der Waals surface area (Å²) in [7, 11) is -0.858. The molecule has 1 atom stereocenters. The van der Waals surface area contributed by atoms with Gasteiger partial charge in [0, 0.05) is 38.9 Å². The van der Waals surface area contributed by atoms with Crippen molar-refractivity contribution in [1.29, 1.82) is 0 Å². The van der Waals surface area contributed by atoms with Gasteiger partial charge in [0.1, 0.15) is 11.5 Å². The van der Waals surface area contributed by atoms with Gasteiger partial charge < -0.3 is 4.90 Å². The van der Waals surface area contributed by atoms with Crippen LogP contribution < -0.4 is 0 Å². The molecule has 9 nitrogen and oxygen atoms in total. The largest absolute Gasteiger partial charge is 0.345 e. The van der Waals surface area contributed by atoms with Gasteiger partial charge in [-0.05, 0) is 79.1 Å². The highest BCUT2D eigenvalue weighted by atomic mass is 32.2. The van der Waals surface area contributed by atoms with E-state index in [-0.39, 0.29) is 53.2 Å². The summed E-state index contributed by atoms with van der Waals surface area (Å²) in [6.07, 6.45) is 5.65. The number of hydrogen-bond donors (Lipinski definition) is 0. The lowest BCUT2D eigenvalue weighted by Crippen LogP contribution is -2.53. The predicted octanol–water partition coefficient (Wildman–Crippen LogP) is 4.01. The van der Waals surface area contributed by atoms with Crippen LogP contribution in [-0.4, -0.2) is 71.3 Å². The molecule has 214 valence electrons. The van der Waals surface area contributed by atoms with Crippen molar-refractivity contribution in [2.24, 2.45) is 5.41 Å². The van der Waals surface area contributed by atoms with Gasteiger partial charge in [-0.15, -0.1) is 0 Å². The van der Waals surface area contributed by atoms with Crippen LogP contribution in [0.4, 0.5) is 4.39 Å². The van der Waals surface area contributed by atoms with E-state index in [1.807, 2.05) is 6.08 Å². The van der Waals surface area contributed by atoms with Gasteiger partial charge in [0.15, 0.2) is 5.78 Å². The van der Waals surface area contributed by atoms with Crippen LogP contribution in [-0.2, 0) is 16.4 Å². The van der Waals surface area contributed by atoms with Crippen molar-refractivity contribution in [3.63, 3.8) is 0 Å². The maximum absolute atomic E-state index is 14.3. The van der Waals surface area contributed by atoms with Crippen molar-refractivity contribution in [2.75, 3.05) is 27.2 Å². The molecule has 1 amide bonds. The molecule has 6 rings (SSSR count). The Kier molecular flexibility index (Phi) is 6.86. The number of fused-ring (bicyclic) bond motifs is 2. The normalized spacial score (nSPS) is 18.5. The zero-order valence-corrected chi connectivity index (χ0v) is 23.9. The second-order valence-corrected chi connectivity index (χ2v) is 12.7. The van der Waals surface area contributed by atoms with Gasteiger partial charge in [0.25, 0.3) is 5.91 Å². The maximum atomic E-state index is 14.3. The molecule has 1 saturated heterocycles. The molecule has 0 saturated carbocycles. The van der Waals surface area contributed by atoms with Gasteiger partial charge in [0.2, 0.25) is 10.0 Å². The number of amides is 1. The molecule has 2 aromatic heterocycles. The Bertz CT molecular complexity index is 1830. The average molecular weight is 586 g/mol. The Hall–Kier alpha value is -4.48. The lowest BCUT2D eigenvalue weighted by Gasteiger charge is -2.44. The van der Waals surface area contributed by atoms with Gasteiger partial charge in [-0.25, -0.2) is 17.5 Å². The summed E-state index contributed by atoms with van der Waals surface area (Å²) in [5.41, 5.74) is 2.30. The van der Waals surface area contributed by atoms with E-state index in [0.717, 1.165) is 16.8 Å². The summed E-state index contributed by atoms with van der Waals surface area (Å²) in [5.74, 6) is -0.940. The monoisotopic (exact) mass is 585 g/mol. The number of piperidine rings is 1. The minimum absolute atomic E-state index is 0.0105. The van der Waals surface area contributed by atoms with Crippen molar-refractivity contribution in [1.82, 2.24) is 24.0 Å². The molecular formula is C31H28FN5O4S. The Morgan fingerprint density at radius 2 is 1.81 bits per heavy atom. The number of pyridine rings is 1. The Labute approximate surface area is 243 Å². The summed E-state index contributed by atoms with van der Waals surface area (Å²) in [4.78, 5) is 32.5. The lowest BCUT2D eigenvalue weighted by molar-refractivity contribution is 0.0769. The lowest BCUT2D eigenvalue weighted by atomic mass is 9.65. The molecule has 0 bridgehead atoms. The average Bonchev–Trinajstić information content (AvgIpc) is 3.41. The fourth-order valence-corrected chi connectivity index (χ4v) is 7.29. The fraction of sp³-hybridized carbons (Fsp3) is 0.226. The molecule has 2 aromatic carbocycles. The third-order valence-electron chi connectivity index (χ3n) is 7.91. The number of aromatic nitrogens is 3. The zero-order valence-electron chi connectivity index (χ0n) is 23.1. The highest BCUT2D eigenvalue weighted by Gasteiger charge is 2.51. The molecule has 11 heteroatoms. The quantitative estimate of drug-likeness (QED) is 0.317. The molecule has 4 aromatic rings. The van der Waals surface area contributed by atoms with Gasteiger partial charge in [-0.2, -0.15) is 9.40 Å². The summed E-state index contributed by atoms with van der Waals surface area (Å²) in [5, 5.41) is 4.53. The van der Waals surface area contributed by atoms with Crippen molar-refractivity contribution >= 4 is 27.8 Å². The number of halogens is 1. The van der Waals surface area contributed by atoms with Crippen LogP contribution in [0.5, 0.6) is 0 Å². The van der Waals surface area contributed by atoms with Crippen LogP contribution in [0.2, 0.25) is 0 Å². The van der Waals surface area contributed by atoms with Crippen LogP contribution >= 0.6 is 0 Å². The van der Waals surface area contributed by atoms with Crippen LogP contribution in [0.15, 0.2) is 89.6 Å². The van der Waals surface area contributed by atoms with E-state index in [0.29, 0.717) is 12.1 Å². The first-order valence-corrected chi connectivity index (χ1v) is 14.9. The Morgan fingerprint density at radius 3 is 2.52 bits per heavy atom.